The molecule has 2 aliphatic rings. The summed E-state index contributed by atoms with van der Waals surface area (Å²) in [5.74, 6) is 1.23. The van der Waals surface area contributed by atoms with E-state index in [9.17, 15) is 4.79 Å². The Morgan fingerprint density at radius 1 is 1.32 bits per heavy atom. The van der Waals surface area contributed by atoms with E-state index in [2.05, 4.69) is 16.8 Å². The molecular weight excluding hydrogens is 282 g/mol. The van der Waals surface area contributed by atoms with Crippen molar-refractivity contribution in [3.8, 4) is 0 Å². The second-order valence-electron chi connectivity index (χ2n) is 6.07. The third kappa shape index (κ3) is 2.90. The first-order valence-electron chi connectivity index (χ1n) is 8.28. The van der Waals surface area contributed by atoms with Crippen LogP contribution in [0.5, 0.6) is 0 Å². The van der Waals surface area contributed by atoms with Crippen molar-refractivity contribution >= 4 is 5.91 Å². The maximum Gasteiger partial charge on any atom is 0.276 e. The van der Waals surface area contributed by atoms with Crippen molar-refractivity contribution in [2.75, 3.05) is 39.4 Å². The highest BCUT2D eigenvalue weighted by Crippen LogP contribution is 2.27. The van der Waals surface area contributed by atoms with Crippen molar-refractivity contribution in [3.63, 3.8) is 0 Å². The van der Waals surface area contributed by atoms with Gasteiger partial charge >= 0.3 is 0 Å². The lowest BCUT2D eigenvalue weighted by molar-refractivity contribution is 0.0102. The molecule has 2 atom stereocenters. The lowest BCUT2D eigenvalue weighted by atomic mass is 9.99. The monoisotopic (exact) mass is 307 g/mol. The lowest BCUT2D eigenvalue weighted by Gasteiger charge is -2.34. The van der Waals surface area contributed by atoms with Gasteiger partial charge in [-0.1, -0.05) is 20.3 Å². The van der Waals surface area contributed by atoms with Gasteiger partial charge in [-0.05, 0) is 5.92 Å². The molecule has 122 valence electrons. The summed E-state index contributed by atoms with van der Waals surface area (Å²) in [5.41, 5.74) is 0.486. The van der Waals surface area contributed by atoms with Crippen molar-refractivity contribution in [2.24, 2.45) is 5.92 Å². The van der Waals surface area contributed by atoms with Crippen LogP contribution in [0.3, 0.4) is 0 Å². The Kier molecular flexibility index (Phi) is 4.78. The molecule has 0 bridgehead atoms. The fourth-order valence-corrected chi connectivity index (χ4v) is 3.59. The number of rotatable bonds is 4. The number of carbonyl (C=O) groups is 1. The van der Waals surface area contributed by atoms with Crippen molar-refractivity contribution in [3.05, 3.63) is 17.8 Å². The summed E-state index contributed by atoms with van der Waals surface area (Å²) in [7, 11) is 0. The van der Waals surface area contributed by atoms with Gasteiger partial charge in [0.1, 0.15) is 5.76 Å². The smallest absolute Gasteiger partial charge is 0.276 e. The van der Waals surface area contributed by atoms with Gasteiger partial charge in [-0.25, -0.2) is 4.98 Å². The van der Waals surface area contributed by atoms with E-state index in [1.807, 2.05) is 11.8 Å². The minimum atomic E-state index is 0.0137. The van der Waals surface area contributed by atoms with Crippen molar-refractivity contribution in [1.82, 2.24) is 14.8 Å². The van der Waals surface area contributed by atoms with E-state index in [0.717, 1.165) is 45.8 Å². The first kappa shape index (κ1) is 15.5. The third-order valence-corrected chi connectivity index (χ3v) is 4.90. The molecule has 1 aromatic heterocycles. The summed E-state index contributed by atoms with van der Waals surface area (Å²) in [4.78, 5) is 21.3. The number of hydrogen-bond donors (Lipinski definition) is 0. The first-order valence-corrected chi connectivity index (χ1v) is 8.28. The molecule has 3 rings (SSSR count). The van der Waals surface area contributed by atoms with Gasteiger partial charge in [0, 0.05) is 38.6 Å². The molecule has 0 saturated carbocycles. The zero-order valence-electron chi connectivity index (χ0n) is 13.5. The largest absolute Gasteiger partial charge is 0.448 e. The summed E-state index contributed by atoms with van der Waals surface area (Å²) in [6.45, 7) is 9.31. The van der Waals surface area contributed by atoms with E-state index in [1.54, 1.807) is 0 Å². The number of likely N-dealkylation sites (tertiary alicyclic amines) is 1. The summed E-state index contributed by atoms with van der Waals surface area (Å²) < 4.78 is 10.8. The second kappa shape index (κ2) is 6.79. The quantitative estimate of drug-likeness (QED) is 0.842. The van der Waals surface area contributed by atoms with Crippen LogP contribution >= 0.6 is 0 Å². The predicted octanol–water partition coefficient (Wildman–Crippen LogP) is 1.42. The van der Waals surface area contributed by atoms with Crippen molar-refractivity contribution in [2.45, 2.75) is 32.7 Å². The van der Waals surface area contributed by atoms with E-state index >= 15 is 0 Å². The number of nitrogens with zero attached hydrogens (tertiary/aromatic N) is 3. The van der Waals surface area contributed by atoms with Gasteiger partial charge in [0.15, 0.2) is 12.1 Å². The highest BCUT2D eigenvalue weighted by Gasteiger charge is 2.39. The minimum Gasteiger partial charge on any atom is -0.448 e. The molecule has 0 aromatic carbocycles. The van der Waals surface area contributed by atoms with E-state index in [1.165, 1.54) is 6.39 Å². The predicted molar refractivity (Wildman–Crippen MR) is 81.7 cm³/mol. The molecule has 2 fully saturated rings. The van der Waals surface area contributed by atoms with Crippen LogP contribution < -0.4 is 0 Å². The van der Waals surface area contributed by atoms with Gasteiger partial charge in [-0.2, -0.15) is 0 Å². The van der Waals surface area contributed by atoms with Gasteiger partial charge in [0.25, 0.3) is 5.91 Å². The maximum atomic E-state index is 12.7. The van der Waals surface area contributed by atoms with Crippen LogP contribution in [-0.2, 0) is 11.2 Å². The fraction of sp³-hybridized carbons (Fsp3) is 0.750. The summed E-state index contributed by atoms with van der Waals surface area (Å²) >= 11 is 0. The van der Waals surface area contributed by atoms with E-state index < -0.39 is 0 Å². The summed E-state index contributed by atoms with van der Waals surface area (Å²) in [5, 5.41) is 0. The highest BCUT2D eigenvalue weighted by molar-refractivity contribution is 5.93. The molecule has 0 radical (unpaired) electrons. The standard InChI is InChI=1S/C16H25N3O3/c1-3-12-9-19(10-13(12)18-5-7-21-8-6-18)16(20)15-14(4-2)22-11-17-15/h11-13H,3-10H2,1-2H3/t12-,13+/m0/s1. The van der Waals surface area contributed by atoms with Gasteiger partial charge < -0.3 is 14.1 Å². The van der Waals surface area contributed by atoms with Crippen LogP contribution in [0, 0.1) is 5.92 Å². The molecule has 1 aromatic rings. The van der Waals surface area contributed by atoms with E-state index in [-0.39, 0.29) is 5.91 Å². The number of aryl methyl sites for hydroxylation is 1. The number of morpholine rings is 1. The Morgan fingerprint density at radius 2 is 2.09 bits per heavy atom. The topological polar surface area (TPSA) is 58.8 Å². The summed E-state index contributed by atoms with van der Waals surface area (Å²) in [6, 6.07) is 0.440. The van der Waals surface area contributed by atoms with Crippen LogP contribution in [0.4, 0.5) is 0 Å². The molecule has 6 heteroatoms. The van der Waals surface area contributed by atoms with Crippen LogP contribution in [-0.4, -0.2) is 66.1 Å². The van der Waals surface area contributed by atoms with E-state index in [0.29, 0.717) is 29.8 Å². The van der Waals surface area contributed by atoms with Crippen molar-refractivity contribution < 1.29 is 13.9 Å². The Balaban J connectivity index is 1.72. The summed E-state index contributed by atoms with van der Waals surface area (Å²) in [6.07, 6.45) is 3.16. The molecule has 0 aliphatic carbocycles. The van der Waals surface area contributed by atoms with Crippen LogP contribution in [0.25, 0.3) is 0 Å². The van der Waals surface area contributed by atoms with Crippen LogP contribution in [0.2, 0.25) is 0 Å². The third-order valence-electron chi connectivity index (χ3n) is 4.90. The minimum absolute atomic E-state index is 0.0137. The molecule has 1 amide bonds. The van der Waals surface area contributed by atoms with Crippen molar-refractivity contribution in [1.29, 1.82) is 0 Å². The zero-order chi connectivity index (χ0) is 15.5. The van der Waals surface area contributed by atoms with E-state index in [4.69, 9.17) is 9.15 Å². The van der Waals surface area contributed by atoms with Gasteiger partial charge in [-0.3, -0.25) is 9.69 Å². The molecule has 6 nitrogen and oxygen atoms in total. The highest BCUT2D eigenvalue weighted by atomic mass is 16.5. The molecular formula is C16H25N3O3. The molecule has 2 saturated heterocycles. The maximum absolute atomic E-state index is 12.7. The average Bonchev–Trinajstić information content (AvgIpc) is 3.21. The number of oxazole rings is 1. The molecule has 22 heavy (non-hydrogen) atoms. The number of hydrogen-bond acceptors (Lipinski definition) is 5. The Labute approximate surface area is 131 Å². The number of carbonyl (C=O) groups excluding carboxylic acids is 1. The zero-order valence-corrected chi connectivity index (χ0v) is 13.5. The average molecular weight is 307 g/mol. The van der Waals surface area contributed by atoms with Gasteiger partial charge in [0.05, 0.1) is 13.2 Å². The Hall–Kier alpha value is -1.40. The molecule has 0 spiro atoms. The Morgan fingerprint density at radius 3 is 2.77 bits per heavy atom. The molecule has 0 unspecified atom stereocenters. The molecule has 3 heterocycles. The fourth-order valence-electron chi connectivity index (χ4n) is 3.59. The number of amides is 1. The molecule has 2 aliphatic heterocycles. The second-order valence-corrected chi connectivity index (χ2v) is 6.07. The molecule has 0 N–H and O–H groups in total. The van der Waals surface area contributed by atoms with Gasteiger partial charge in [-0.15, -0.1) is 0 Å². The Bertz CT molecular complexity index is 510. The number of aromatic nitrogens is 1. The van der Waals surface area contributed by atoms with Gasteiger partial charge in [0.2, 0.25) is 0 Å². The SMILES string of the molecule is CCc1ocnc1C(=O)N1C[C@H](CC)[C@H](N2CCOCC2)C1. The lowest BCUT2D eigenvalue weighted by Crippen LogP contribution is -2.47. The number of ether oxygens (including phenoxy) is 1. The van der Waals surface area contributed by atoms with Crippen LogP contribution in [0.15, 0.2) is 10.8 Å². The first-order chi connectivity index (χ1) is 10.7. The normalized spacial score (nSPS) is 26.5. The van der Waals surface area contributed by atoms with Crippen LogP contribution in [0.1, 0.15) is 36.5 Å².